The molecule has 2 fully saturated rings. The summed E-state index contributed by atoms with van der Waals surface area (Å²) in [5.74, 6) is 8.08. The standard InChI is InChI=1S/C18H33N5O5S3/c19-22-17(16-23-3-13-31(24,25)14-4-23)15-20-1-5-26-7-9-28-10-8-27-6-2-21-18-29-11-12-30-18/h15H,1-14,16,19H2/b20-15?,22-17+. The first-order valence-electron chi connectivity index (χ1n) is 10.3. The molecule has 2 aliphatic heterocycles. The number of hydrogen-bond acceptors (Lipinski definition) is 12. The Labute approximate surface area is 193 Å². The molecular weight excluding hydrogens is 462 g/mol. The second-order valence-electron chi connectivity index (χ2n) is 6.77. The van der Waals surface area contributed by atoms with Gasteiger partial charge in [0.05, 0.1) is 69.9 Å². The molecule has 0 amide bonds. The molecule has 0 atom stereocenters. The molecule has 0 unspecified atom stereocenters. The number of nitrogens with zero attached hydrogens (tertiary/aromatic N) is 4. The Morgan fingerprint density at radius 2 is 1.55 bits per heavy atom. The van der Waals surface area contributed by atoms with Gasteiger partial charge in [0.1, 0.15) is 4.38 Å². The average Bonchev–Trinajstić information content (AvgIpc) is 3.28. The van der Waals surface area contributed by atoms with Crippen molar-refractivity contribution in [1.29, 1.82) is 0 Å². The zero-order chi connectivity index (χ0) is 22.2. The summed E-state index contributed by atoms with van der Waals surface area (Å²) in [5.41, 5.74) is 0.620. The minimum Gasteiger partial charge on any atom is -0.377 e. The zero-order valence-corrected chi connectivity index (χ0v) is 20.3. The molecular formula is C18H33N5O5S3. The Bertz CT molecular complexity index is 681. The maximum absolute atomic E-state index is 11.5. The monoisotopic (exact) mass is 495 g/mol. The number of hydrazone groups is 1. The van der Waals surface area contributed by atoms with Crippen LogP contribution in [0.1, 0.15) is 0 Å². The van der Waals surface area contributed by atoms with Gasteiger partial charge in [0.15, 0.2) is 9.84 Å². The van der Waals surface area contributed by atoms with Gasteiger partial charge in [-0.05, 0) is 0 Å². The van der Waals surface area contributed by atoms with Crippen LogP contribution in [0.3, 0.4) is 0 Å². The molecule has 0 aliphatic carbocycles. The summed E-state index contributed by atoms with van der Waals surface area (Å²) >= 11 is 3.63. The van der Waals surface area contributed by atoms with E-state index in [1.54, 1.807) is 6.21 Å². The van der Waals surface area contributed by atoms with Crippen molar-refractivity contribution in [2.45, 2.75) is 0 Å². The molecule has 2 saturated heterocycles. The molecule has 0 saturated carbocycles. The van der Waals surface area contributed by atoms with Crippen molar-refractivity contribution in [3.8, 4) is 0 Å². The van der Waals surface area contributed by atoms with Crippen LogP contribution in [0.25, 0.3) is 0 Å². The third kappa shape index (κ3) is 12.8. The summed E-state index contributed by atoms with van der Waals surface area (Å²) in [6, 6.07) is 0. The highest BCUT2D eigenvalue weighted by Gasteiger charge is 2.21. The summed E-state index contributed by atoms with van der Waals surface area (Å²) in [7, 11) is -2.89. The highest BCUT2D eigenvalue weighted by Crippen LogP contribution is 2.25. The molecule has 0 radical (unpaired) electrons. The summed E-state index contributed by atoms with van der Waals surface area (Å²) in [6.07, 6.45) is 1.62. The van der Waals surface area contributed by atoms with Gasteiger partial charge in [0.25, 0.3) is 0 Å². The number of aliphatic imine (C=N–C) groups is 2. The van der Waals surface area contributed by atoms with Gasteiger partial charge in [-0.2, -0.15) is 5.10 Å². The normalized spacial score (nSPS) is 20.0. The van der Waals surface area contributed by atoms with E-state index < -0.39 is 9.84 Å². The third-order valence-electron chi connectivity index (χ3n) is 4.35. The molecule has 0 aromatic heterocycles. The van der Waals surface area contributed by atoms with Crippen LogP contribution in [-0.2, 0) is 24.0 Å². The Kier molecular flexibility index (Phi) is 13.7. The highest BCUT2D eigenvalue weighted by atomic mass is 32.2. The second kappa shape index (κ2) is 16.0. The number of ether oxygens (including phenoxy) is 3. The lowest BCUT2D eigenvalue weighted by Gasteiger charge is -2.25. The molecule has 2 heterocycles. The van der Waals surface area contributed by atoms with Gasteiger partial charge < -0.3 is 20.1 Å². The van der Waals surface area contributed by atoms with Crippen molar-refractivity contribution in [1.82, 2.24) is 4.90 Å². The van der Waals surface area contributed by atoms with Crippen molar-refractivity contribution >= 4 is 49.7 Å². The molecule has 0 aromatic carbocycles. The predicted molar refractivity (Wildman–Crippen MR) is 130 cm³/mol. The van der Waals surface area contributed by atoms with Crippen molar-refractivity contribution in [2.24, 2.45) is 20.9 Å². The predicted octanol–water partition coefficient (Wildman–Crippen LogP) is -0.0119. The van der Waals surface area contributed by atoms with E-state index in [1.807, 2.05) is 28.4 Å². The Morgan fingerprint density at radius 3 is 2.16 bits per heavy atom. The van der Waals surface area contributed by atoms with Gasteiger partial charge >= 0.3 is 0 Å². The van der Waals surface area contributed by atoms with Crippen LogP contribution in [0.2, 0.25) is 0 Å². The molecule has 10 nitrogen and oxygen atoms in total. The lowest BCUT2D eigenvalue weighted by molar-refractivity contribution is 0.0176. The van der Waals surface area contributed by atoms with Gasteiger partial charge in [-0.3, -0.25) is 14.9 Å². The summed E-state index contributed by atoms with van der Waals surface area (Å²) in [4.78, 5) is 10.7. The molecule has 2 rings (SSSR count). The minimum atomic E-state index is -2.89. The molecule has 0 bridgehead atoms. The van der Waals surface area contributed by atoms with Gasteiger partial charge in [0.2, 0.25) is 0 Å². The van der Waals surface area contributed by atoms with Gasteiger partial charge in [-0.25, -0.2) is 8.42 Å². The topological polar surface area (TPSA) is 128 Å². The highest BCUT2D eigenvalue weighted by molar-refractivity contribution is 8.41. The molecule has 0 spiro atoms. The fourth-order valence-corrected chi connectivity index (χ4v) is 6.17. The number of nitrogens with two attached hydrogens (primary N) is 1. The van der Waals surface area contributed by atoms with Crippen molar-refractivity contribution in [3.63, 3.8) is 0 Å². The fraction of sp³-hybridized carbons (Fsp3) is 0.833. The van der Waals surface area contributed by atoms with E-state index in [0.717, 1.165) is 11.5 Å². The van der Waals surface area contributed by atoms with E-state index in [2.05, 4.69) is 15.1 Å². The van der Waals surface area contributed by atoms with Crippen LogP contribution < -0.4 is 5.84 Å². The van der Waals surface area contributed by atoms with E-state index >= 15 is 0 Å². The van der Waals surface area contributed by atoms with E-state index in [4.69, 9.17) is 20.1 Å². The summed E-state index contributed by atoms with van der Waals surface area (Å²) in [5, 5.41) is 3.73. The first-order valence-corrected chi connectivity index (χ1v) is 14.1. The summed E-state index contributed by atoms with van der Waals surface area (Å²) in [6.45, 7) is 5.89. The maximum atomic E-state index is 11.5. The number of sulfone groups is 1. The van der Waals surface area contributed by atoms with Crippen LogP contribution in [0, 0.1) is 0 Å². The quantitative estimate of drug-likeness (QED) is 0.144. The smallest absolute Gasteiger partial charge is 0.152 e. The average molecular weight is 496 g/mol. The van der Waals surface area contributed by atoms with Gasteiger partial charge in [0, 0.05) is 37.4 Å². The lowest BCUT2D eigenvalue weighted by Crippen LogP contribution is -2.43. The molecule has 178 valence electrons. The maximum Gasteiger partial charge on any atom is 0.152 e. The van der Waals surface area contributed by atoms with Crippen molar-refractivity contribution in [3.05, 3.63) is 0 Å². The van der Waals surface area contributed by atoms with E-state index in [-0.39, 0.29) is 11.5 Å². The first-order chi connectivity index (χ1) is 15.1. The Hall–Kier alpha value is -0.700. The van der Waals surface area contributed by atoms with Crippen LogP contribution in [0.4, 0.5) is 0 Å². The van der Waals surface area contributed by atoms with Gasteiger partial charge in [-0.15, -0.1) is 0 Å². The van der Waals surface area contributed by atoms with E-state index in [9.17, 15) is 8.42 Å². The van der Waals surface area contributed by atoms with Crippen molar-refractivity contribution < 1.29 is 22.6 Å². The number of thioether (sulfide) groups is 2. The molecule has 2 aliphatic rings. The minimum absolute atomic E-state index is 0.178. The molecule has 31 heavy (non-hydrogen) atoms. The first kappa shape index (κ1) is 26.6. The van der Waals surface area contributed by atoms with Crippen LogP contribution >= 0.6 is 23.5 Å². The Morgan fingerprint density at radius 1 is 0.968 bits per heavy atom. The van der Waals surface area contributed by atoms with Crippen molar-refractivity contribution in [2.75, 3.05) is 95.4 Å². The fourth-order valence-electron chi connectivity index (χ4n) is 2.67. The van der Waals surface area contributed by atoms with Crippen LogP contribution in [-0.4, -0.2) is 125 Å². The number of hydrogen-bond donors (Lipinski definition) is 1. The van der Waals surface area contributed by atoms with E-state index in [0.29, 0.717) is 78.1 Å². The third-order valence-corrected chi connectivity index (χ3v) is 8.49. The van der Waals surface area contributed by atoms with Gasteiger partial charge in [-0.1, -0.05) is 23.5 Å². The van der Waals surface area contributed by atoms with Crippen LogP contribution in [0.15, 0.2) is 15.1 Å². The molecule has 0 aromatic rings. The molecule has 2 N–H and O–H groups in total. The van der Waals surface area contributed by atoms with E-state index in [1.165, 1.54) is 4.38 Å². The number of rotatable bonds is 15. The second-order valence-corrected chi connectivity index (χ2v) is 11.5. The van der Waals surface area contributed by atoms with Crippen LogP contribution in [0.5, 0.6) is 0 Å². The SMILES string of the molecule is N/N=C(\C=NCCOCCOCCOCCN=C1SCCS1)CN1CCS(=O)(=O)CC1. The Balaban J connectivity index is 1.38. The largest absolute Gasteiger partial charge is 0.377 e. The summed E-state index contributed by atoms with van der Waals surface area (Å²) < 4.78 is 40.5. The lowest BCUT2D eigenvalue weighted by atomic mass is 10.3. The zero-order valence-electron chi connectivity index (χ0n) is 17.8. The molecule has 13 heteroatoms.